The lowest BCUT2D eigenvalue weighted by Crippen LogP contribution is -2.53. The molecule has 2 N–H and O–H groups in total. The van der Waals surface area contributed by atoms with E-state index in [9.17, 15) is 27.9 Å². The summed E-state index contributed by atoms with van der Waals surface area (Å²) in [4.78, 5) is 69.9. The standard InChI is InChI=1S/C49H32Cl2F3N5O6/c50-27-13-11-25(12-14-27)48-35(45(62)59(47(48)64)57-42-36(51)21-26(23-55-42)49(52,53)54)22-34-32(41(48)31-19-20-38(60)30-6-2-1-5-29(30)31)17-18-33-40(34)46(63)58(44(33)61)28-15-9-24(10-16-28)43-56-37-7-3-4-8-39(37)65-43/h1-17,19-21,23,33-35,40-41,60H,18,22H2,(H,55,57)/t33-,34+,35-,40-,41-,48+/m0/s1. The highest BCUT2D eigenvalue weighted by Gasteiger charge is 2.70. The molecular formula is C49H32Cl2F3N5O6. The second-order valence-electron chi connectivity index (χ2n) is 16.7. The molecule has 0 radical (unpaired) electrons. The number of carbonyl (C=O) groups excluding carboxylic acids is 4. The summed E-state index contributed by atoms with van der Waals surface area (Å²) in [5, 5.41) is 12.8. The largest absolute Gasteiger partial charge is 0.507 e. The van der Waals surface area contributed by atoms with Crippen LogP contribution in [-0.2, 0) is 30.8 Å². The lowest BCUT2D eigenvalue weighted by atomic mass is 9.49. The monoisotopic (exact) mass is 913 g/mol. The predicted molar refractivity (Wildman–Crippen MR) is 234 cm³/mol. The van der Waals surface area contributed by atoms with Crippen molar-refractivity contribution in [3.8, 4) is 17.2 Å². The van der Waals surface area contributed by atoms with Crippen molar-refractivity contribution >= 4 is 80.2 Å². The fourth-order valence-corrected chi connectivity index (χ4v) is 11.0. The number of rotatable bonds is 6. The Labute approximate surface area is 377 Å². The lowest BCUT2D eigenvalue weighted by Gasteiger charge is -2.51. The number of oxazole rings is 1. The number of imide groups is 2. The van der Waals surface area contributed by atoms with Gasteiger partial charge in [0, 0.05) is 28.1 Å². The Kier molecular flexibility index (Phi) is 9.25. The number of fused-ring (bicyclic) bond motifs is 6. The lowest BCUT2D eigenvalue weighted by molar-refractivity contribution is -0.139. The van der Waals surface area contributed by atoms with Gasteiger partial charge in [-0.1, -0.05) is 89.4 Å². The van der Waals surface area contributed by atoms with E-state index in [0.29, 0.717) is 73.0 Å². The van der Waals surface area contributed by atoms with Gasteiger partial charge in [-0.25, -0.2) is 9.97 Å². The van der Waals surface area contributed by atoms with Gasteiger partial charge in [-0.3, -0.25) is 29.5 Å². The van der Waals surface area contributed by atoms with Gasteiger partial charge in [-0.05, 0) is 95.9 Å². The number of benzene rings is 5. The van der Waals surface area contributed by atoms with Gasteiger partial charge < -0.3 is 9.52 Å². The van der Waals surface area contributed by atoms with Crippen LogP contribution in [0.1, 0.15) is 35.4 Å². The number of carbonyl (C=O) groups is 4. The van der Waals surface area contributed by atoms with Crippen LogP contribution in [0.3, 0.4) is 0 Å². The van der Waals surface area contributed by atoms with Gasteiger partial charge in [-0.15, -0.1) is 0 Å². The molecule has 1 saturated carbocycles. The third-order valence-corrected chi connectivity index (χ3v) is 14.0. The maximum Gasteiger partial charge on any atom is 0.417 e. The van der Waals surface area contributed by atoms with Crippen LogP contribution in [0.2, 0.25) is 10.0 Å². The number of amides is 4. The molecule has 324 valence electrons. The third-order valence-electron chi connectivity index (χ3n) is 13.5. The SMILES string of the molecule is O=C1[C@@H]2C[C@@H]3C(=CC[C@@H]4C(=O)N(c5ccc(-c6nc7ccccc7o6)cc5)C(=O)[C@@H]43)[C@H](c3ccc(O)c4ccccc34)[C@]2(c2ccc(Cl)cc2)C(=O)N1Nc1ncc(C(F)(F)F)cc1Cl. The van der Waals surface area contributed by atoms with Crippen LogP contribution in [0.15, 0.2) is 138 Å². The first-order valence-corrected chi connectivity index (χ1v) is 21.4. The van der Waals surface area contributed by atoms with Crippen molar-refractivity contribution in [3.05, 3.63) is 160 Å². The Bertz CT molecular complexity index is 3180. The number of para-hydroxylation sites is 2. The number of pyridine rings is 1. The van der Waals surface area contributed by atoms with E-state index in [4.69, 9.17) is 27.6 Å². The van der Waals surface area contributed by atoms with E-state index in [2.05, 4.69) is 15.4 Å². The van der Waals surface area contributed by atoms with Crippen molar-refractivity contribution in [1.29, 1.82) is 0 Å². The van der Waals surface area contributed by atoms with Gasteiger partial charge >= 0.3 is 6.18 Å². The minimum atomic E-state index is -4.77. The fourth-order valence-electron chi connectivity index (χ4n) is 10.7. The summed E-state index contributed by atoms with van der Waals surface area (Å²) >= 11 is 12.8. The zero-order valence-corrected chi connectivity index (χ0v) is 35.1. The van der Waals surface area contributed by atoms with E-state index in [1.807, 2.05) is 24.3 Å². The minimum absolute atomic E-state index is 0.0269. The zero-order chi connectivity index (χ0) is 45.1. The summed E-state index contributed by atoms with van der Waals surface area (Å²) in [7, 11) is 0. The summed E-state index contributed by atoms with van der Waals surface area (Å²) in [5.41, 5.74) is 3.63. The molecule has 11 nitrogen and oxygen atoms in total. The van der Waals surface area contributed by atoms with Gasteiger partial charge in [-0.2, -0.15) is 18.2 Å². The predicted octanol–water partition coefficient (Wildman–Crippen LogP) is 10.3. The molecule has 3 fully saturated rings. The number of phenols is 1. The number of nitrogens with zero attached hydrogens (tertiary/aromatic N) is 4. The van der Waals surface area contributed by atoms with Crippen LogP contribution in [-0.4, -0.2) is 43.7 Å². The number of alkyl halides is 3. The van der Waals surface area contributed by atoms with Crippen LogP contribution < -0.4 is 10.3 Å². The van der Waals surface area contributed by atoms with Gasteiger partial charge in [0.1, 0.15) is 11.3 Å². The number of aromatic hydroxyl groups is 1. The average Bonchev–Trinajstić information content (AvgIpc) is 3.92. The summed E-state index contributed by atoms with van der Waals surface area (Å²) < 4.78 is 46.9. The molecular weight excluding hydrogens is 882 g/mol. The number of allylic oxidation sites excluding steroid dienone is 2. The molecule has 16 heteroatoms. The minimum Gasteiger partial charge on any atom is -0.507 e. The normalized spacial score (nSPS) is 24.1. The Morgan fingerprint density at radius 2 is 1.54 bits per heavy atom. The van der Waals surface area contributed by atoms with Crippen molar-refractivity contribution in [2.45, 2.75) is 30.4 Å². The van der Waals surface area contributed by atoms with Crippen molar-refractivity contribution in [2.75, 3.05) is 10.3 Å². The number of hydrazine groups is 1. The molecule has 5 aromatic carbocycles. The molecule has 2 aliphatic carbocycles. The number of aromatic nitrogens is 2. The fraction of sp³-hybridized carbons (Fsp3) is 0.184. The first-order valence-electron chi connectivity index (χ1n) is 20.6. The molecule has 4 aliphatic rings. The molecule has 4 amide bonds. The number of halogens is 5. The van der Waals surface area contributed by atoms with E-state index in [0.717, 1.165) is 5.01 Å². The van der Waals surface area contributed by atoms with Crippen LogP contribution in [0, 0.1) is 23.7 Å². The smallest absolute Gasteiger partial charge is 0.417 e. The Hall–Kier alpha value is -7.03. The second kappa shape index (κ2) is 14.8. The van der Waals surface area contributed by atoms with Crippen LogP contribution >= 0.6 is 23.2 Å². The maximum absolute atomic E-state index is 15.7. The van der Waals surface area contributed by atoms with E-state index in [-0.39, 0.29) is 24.4 Å². The van der Waals surface area contributed by atoms with Crippen molar-refractivity contribution < 1.29 is 41.9 Å². The number of phenolic OH excluding ortho intramolecular Hbond substituents is 1. The zero-order valence-electron chi connectivity index (χ0n) is 33.6. The molecule has 0 bridgehead atoms. The van der Waals surface area contributed by atoms with Gasteiger partial charge in [0.2, 0.25) is 17.7 Å². The molecule has 2 saturated heterocycles. The summed E-state index contributed by atoms with van der Waals surface area (Å²) in [5.74, 6) is -7.12. The highest BCUT2D eigenvalue weighted by atomic mass is 35.5. The van der Waals surface area contributed by atoms with Crippen LogP contribution in [0.5, 0.6) is 5.75 Å². The second-order valence-corrected chi connectivity index (χ2v) is 17.5. The molecule has 0 unspecified atom stereocenters. The molecule has 0 spiro atoms. The quantitative estimate of drug-likeness (QED) is 0.123. The van der Waals surface area contributed by atoms with E-state index >= 15 is 9.59 Å². The highest BCUT2D eigenvalue weighted by Crippen LogP contribution is 2.65. The first-order chi connectivity index (χ1) is 31.2. The Balaban J connectivity index is 1.05. The van der Waals surface area contributed by atoms with E-state index in [1.54, 1.807) is 84.9 Å². The van der Waals surface area contributed by atoms with Crippen molar-refractivity contribution in [1.82, 2.24) is 15.0 Å². The summed E-state index contributed by atoms with van der Waals surface area (Å²) in [6.45, 7) is 0. The van der Waals surface area contributed by atoms with Crippen LogP contribution in [0.25, 0.3) is 33.3 Å². The highest BCUT2D eigenvalue weighted by molar-refractivity contribution is 6.33. The van der Waals surface area contributed by atoms with Gasteiger partial charge in [0.25, 0.3) is 11.8 Å². The average molecular weight is 915 g/mol. The maximum atomic E-state index is 15.7. The number of anilines is 2. The Morgan fingerprint density at radius 1 is 0.815 bits per heavy atom. The molecule has 11 rings (SSSR count). The van der Waals surface area contributed by atoms with Crippen LogP contribution in [0.4, 0.5) is 24.7 Å². The summed E-state index contributed by atoms with van der Waals surface area (Å²) in [6, 6.07) is 31.5. The van der Waals surface area contributed by atoms with E-state index in [1.165, 1.54) is 11.0 Å². The summed E-state index contributed by atoms with van der Waals surface area (Å²) in [6.07, 6.45) is -2.25. The van der Waals surface area contributed by atoms with Gasteiger partial charge in [0.05, 0.1) is 39.4 Å². The number of hydrogen-bond donors (Lipinski definition) is 2. The number of hydrogen-bond acceptors (Lipinski definition) is 9. The first kappa shape index (κ1) is 40.7. The third kappa shape index (κ3) is 6.10. The molecule has 6 atom stereocenters. The topological polar surface area (TPSA) is 146 Å². The van der Waals surface area contributed by atoms with Crippen molar-refractivity contribution in [2.24, 2.45) is 23.7 Å². The van der Waals surface area contributed by atoms with Gasteiger partial charge in [0.15, 0.2) is 11.4 Å². The Morgan fingerprint density at radius 3 is 2.26 bits per heavy atom. The van der Waals surface area contributed by atoms with E-state index < -0.39 is 75.4 Å². The molecule has 7 aromatic rings. The molecule has 4 heterocycles. The molecule has 2 aromatic heterocycles. The molecule has 2 aliphatic heterocycles. The number of nitrogens with one attached hydrogen (secondary N) is 1. The van der Waals surface area contributed by atoms with Crippen molar-refractivity contribution in [3.63, 3.8) is 0 Å². The molecule has 65 heavy (non-hydrogen) atoms.